The molecule has 122 valence electrons. The van der Waals surface area contributed by atoms with E-state index in [1.165, 1.54) is 6.92 Å². The van der Waals surface area contributed by atoms with E-state index in [1.54, 1.807) is 6.20 Å². The molecule has 7 heteroatoms. The van der Waals surface area contributed by atoms with E-state index in [-0.39, 0.29) is 5.91 Å². The lowest BCUT2D eigenvalue weighted by molar-refractivity contribution is -0.114. The van der Waals surface area contributed by atoms with E-state index < -0.39 is 0 Å². The van der Waals surface area contributed by atoms with Crippen LogP contribution in [0.3, 0.4) is 0 Å². The summed E-state index contributed by atoms with van der Waals surface area (Å²) in [6.45, 7) is 5.34. The minimum Gasteiger partial charge on any atom is -0.315 e. The minimum absolute atomic E-state index is 0.151. The van der Waals surface area contributed by atoms with Crippen LogP contribution in [0.25, 0.3) is 16.7 Å². The van der Waals surface area contributed by atoms with Crippen LogP contribution in [-0.4, -0.2) is 38.7 Å². The van der Waals surface area contributed by atoms with Gasteiger partial charge in [0.2, 0.25) is 5.91 Å². The summed E-state index contributed by atoms with van der Waals surface area (Å²) in [6.07, 6.45) is 1.74. The highest BCUT2D eigenvalue weighted by Gasteiger charge is 2.21. The third-order valence-corrected chi connectivity index (χ3v) is 4.23. The van der Waals surface area contributed by atoms with Gasteiger partial charge in [0.25, 0.3) is 0 Å². The van der Waals surface area contributed by atoms with Crippen LogP contribution in [0.15, 0.2) is 30.5 Å². The fraction of sp³-hybridized carbons (Fsp3) is 0.294. The number of hydrogen-bond donors (Lipinski definition) is 2. The quantitative estimate of drug-likeness (QED) is 0.768. The summed E-state index contributed by atoms with van der Waals surface area (Å²) >= 11 is 0. The number of aromatic nitrogens is 4. The van der Waals surface area contributed by atoms with Crippen molar-refractivity contribution in [3.8, 4) is 5.82 Å². The molecule has 3 aromatic rings. The molecule has 0 unspecified atom stereocenters. The van der Waals surface area contributed by atoms with Gasteiger partial charge >= 0.3 is 0 Å². The van der Waals surface area contributed by atoms with Gasteiger partial charge in [-0.1, -0.05) is 6.07 Å². The second-order valence-corrected chi connectivity index (χ2v) is 6.04. The molecular formula is C17H18N6O. The summed E-state index contributed by atoms with van der Waals surface area (Å²) in [6, 6.07) is 7.84. The van der Waals surface area contributed by atoms with E-state index in [0.29, 0.717) is 11.7 Å². The smallest absolute Gasteiger partial charge is 0.222 e. The third-order valence-electron chi connectivity index (χ3n) is 4.23. The second-order valence-electron chi connectivity index (χ2n) is 6.04. The Hall–Kier alpha value is -2.80. The van der Waals surface area contributed by atoms with Crippen molar-refractivity contribution in [3.05, 3.63) is 41.9 Å². The van der Waals surface area contributed by atoms with Gasteiger partial charge in [0, 0.05) is 49.3 Å². The first-order valence-corrected chi connectivity index (χ1v) is 7.93. The molecule has 1 saturated heterocycles. The van der Waals surface area contributed by atoms with Crippen molar-refractivity contribution in [1.29, 1.82) is 0 Å². The Morgan fingerprint density at radius 2 is 2.21 bits per heavy atom. The average molecular weight is 322 g/mol. The Balaban J connectivity index is 1.82. The van der Waals surface area contributed by atoms with E-state index in [2.05, 4.69) is 26.8 Å². The molecule has 1 amide bonds. The van der Waals surface area contributed by atoms with Crippen molar-refractivity contribution in [2.75, 3.05) is 18.4 Å². The summed E-state index contributed by atoms with van der Waals surface area (Å²) in [4.78, 5) is 20.3. The standard InChI is InChI=1S/C17H18N6O/c1-10-13-9-19-16(20-11(2)24)6-15(13)23(22-10)17-5-3-4-14(21-17)12-7-18-8-12/h3-6,9,12,18H,7-8H2,1-2H3,(H,19,20,24). The van der Waals surface area contributed by atoms with Crippen molar-refractivity contribution in [2.45, 2.75) is 19.8 Å². The number of carbonyl (C=O) groups excluding carboxylic acids is 1. The number of carbonyl (C=O) groups is 1. The Morgan fingerprint density at radius 3 is 2.92 bits per heavy atom. The first kappa shape index (κ1) is 14.8. The van der Waals surface area contributed by atoms with Crippen molar-refractivity contribution in [1.82, 2.24) is 25.1 Å². The molecule has 1 aliphatic heterocycles. The molecule has 2 N–H and O–H groups in total. The van der Waals surface area contributed by atoms with Crippen LogP contribution in [0.1, 0.15) is 24.2 Å². The van der Waals surface area contributed by atoms with Gasteiger partial charge in [0.05, 0.1) is 11.2 Å². The number of aryl methyl sites for hydroxylation is 1. The molecule has 0 saturated carbocycles. The van der Waals surface area contributed by atoms with Gasteiger partial charge in [-0.2, -0.15) is 5.10 Å². The molecule has 0 aromatic carbocycles. The maximum absolute atomic E-state index is 11.3. The normalized spacial score (nSPS) is 14.6. The maximum atomic E-state index is 11.3. The van der Waals surface area contributed by atoms with Gasteiger partial charge in [-0.05, 0) is 19.1 Å². The largest absolute Gasteiger partial charge is 0.315 e. The molecule has 0 atom stereocenters. The van der Waals surface area contributed by atoms with Crippen LogP contribution in [0.4, 0.5) is 5.82 Å². The first-order chi connectivity index (χ1) is 11.6. The van der Waals surface area contributed by atoms with Gasteiger partial charge in [-0.15, -0.1) is 0 Å². The van der Waals surface area contributed by atoms with Crippen molar-refractivity contribution >= 4 is 22.6 Å². The molecule has 1 fully saturated rings. The van der Waals surface area contributed by atoms with Gasteiger partial charge < -0.3 is 10.6 Å². The number of pyridine rings is 2. The zero-order chi connectivity index (χ0) is 16.7. The van der Waals surface area contributed by atoms with E-state index in [0.717, 1.165) is 41.2 Å². The fourth-order valence-electron chi connectivity index (χ4n) is 2.86. The molecule has 1 aliphatic rings. The highest BCUT2D eigenvalue weighted by Crippen LogP contribution is 2.24. The first-order valence-electron chi connectivity index (χ1n) is 7.93. The van der Waals surface area contributed by atoms with Gasteiger partial charge in [0.15, 0.2) is 5.82 Å². The number of fused-ring (bicyclic) bond motifs is 1. The zero-order valence-corrected chi connectivity index (χ0v) is 13.6. The summed E-state index contributed by atoms with van der Waals surface area (Å²) in [5.74, 6) is 1.60. The molecular weight excluding hydrogens is 304 g/mol. The minimum atomic E-state index is -0.151. The van der Waals surface area contributed by atoms with E-state index >= 15 is 0 Å². The molecule has 24 heavy (non-hydrogen) atoms. The molecule has 0 radical (unpaired) electrons. The van der Waals surface area contributed by atoms with Crippen molar-refractivity contribution in [3.63, 3.8) is 0 Å². The Bertz CT molecular complexity index is 928. The predicted molar refractivity (Wildman–Crippen MR) is 91.3 cm³/mol. The van der Waals surface area contributed by atoms with E-state index in [1.807, 2.05) is 29.8 Å². The third kappa shape index (κ3) is 2.52. The lowest BCUT2D eigenvalue weighted by Crippen LogP contribution is -2.40. The molecule has 0 aliphatic carbocycles. The van der Waals surface area contributed by atoms with Crippen LogP contribution in [0.2, 0.25) is 0 Å². The lowest BCUT2D eigenvalue weighted by Gasteiger charge is -2.26. The summed E-state index contributed by atoms with van der Waals surface area (Å²) < 4.78 is 1.81. The fourth-order valence-corrected chi connectivity index (χ4v) is 2.86. The number of rotatable bonds is 3. The van der Waals surface area contributed by atoms with Crippen LogP contribution < -0.4 is 10.6 Å². The SMILES string of the molecule is CC(=O)Nc1cc2c(cn1)c(C)nn2-c1cccc(C2CNC2)n1. The Morgan fingerprint density at radius 1 is 1.38 bits per heavy atom. The van der Waals surface area contributed by atoms with E-state index in [9.17, 15) is 4.79 Å². The van der Waals surface area contributed by atoms with Crippen molar-refractivity contribution in [2.24, 2.45) is 0 Å². The van der Waals surface area contributed by atoms with Gasteiger partial charge in [-0.25, -0.2) is 14.6 Å². The number of amides is 1. The van der Waals surface area contributed by atoms with Crippen LogP contribution >= 0.6 is 0 Å². The van der Waals surface area contributed by atoms with Gasteiger partial charge in [-0.3, -0.25) is 4.79 Å². The maximum Gasteiger partial charge on any atom is 0.222 e. The highest BCUT2D eigenvalue weighted by atomic mass is 16.1. The second kappa shape index (κ2) is 5.68. The average Bonchev–Trinajstić information content (AvgIpc) is 2.82. The number of nitrogens with one attached hydrogen (secondary N) is 2. The van der Waals surface area contributed by atoms with E-state index in [4.69, 9.17) is 4.98 Å². The number of anilines is 1. The topological polar surface area (TPSA) is 84.7 Å². The van der Waals surface area contributed by atoms with Crippen LogP contribution in [0.5, 0.6) is 0 Å². The predicted octanol–water partition coefficient (Wildman–Crippen LogP) is 1.77. The Labute approximate surface area is 139 Å². The zero-order valence-electron chi connectivity index (χ0n) is 13.6. The molecule has 0 spiro atoms. The monoisotopic (exact) mass is 322 g/mol. The Kier molecular flexibility index (Phi) is 3.50. The highest BCUT2D eigenvalue weighted by molar-refractivity contribution is 5.91. The molecule has 3 aromatic heterocycles. The summed E-state index contributed by atoms with van der Waals surface area (Å²) in [5, 5.41) is 11.5. The summed E-state index contributed by atoms with van der Waals surface area (Å²) in [7, 11) is 0. The molecule has 4 rings (SSSR count). The molecule has 0 bridgehead atoms. The lowest BCUT2D eigenvalue weighted by atomic mass is 9.99. The van der Waals surface area contributed by atoms with Crippen molar-refractivity contribution < 1.29 is 4.79 Å². The molecule has 4 heterocycles. The number of hydrogen-bond acceptors (Lipinski definition) is 5. The number of nitrogens with zero attached hydrogens (tertiary/aromatic N) is 4. The van der Waals surface area contributed by atoms with Crippen LogP contribution in [0, 0.1) is 6.92 Å². The van der Waals surface area contributed by atoms with Crippen LogP contribution in [-0.2, 0) is 4.79 Å². The molecule has 7 nitrogen and oxygen atoms in total. The summed E-state index contributed by atoms with van der Waals surface area (Å²) in [5.41, 5.74) is 2.83. The van der Waals surface area contributed by atoms with Gasteiger partial charge in [0.1, 0.15) is 5.82 Å².